The van der Waals surface area contributed by atoms with Crippen molar-refractivity contribution < 1.29 is 19.1 Å². The second-order valence-corrected chi connectivity index (χ2v) is 7.62. The van der Waals surface area contributed by atoms with Crippen LogP contribution in [0.2, 0.25) is 0 Å². The molecule has 0 saturated heterocycles. The van der Waals surface area contributed by atoms with Crippen LogP contribution >= 0.6 is 11.3 Å². The van der Waals surface area contributed by atoms with Gasteiger partial charge >= 0.3 is 5.97 Å². The van der Waals surface area contributed by atoms with Gasteiger partial charge in [0.05, 0.1) is 18.0 Å². The zero-order chi connectivity index (χ0) is 20.1. The maximum Gasteiger partial charge on any atom is 0.308 e. The summed E-state index contributed by atoms with van der Waals surface area (Å²) in [5, 5.41) is 14.7. The molecule has 0 fully saturated rings. The summed E-state index contributed by atoms with van der Waals surface area (Å²) in [5.74, 6) is -0.368. The average Bonchev–Trinajstić information content (AvgIpc) is 3.27. The molecule has 1 amide bonds. The SMILES string of the molecule is Cc1cccc(CC(CNC(=O)Cc2csc(-c3ccc(C)o3)n2)C(=O)O)c1. The molecule has 28 heavy (non-hydrogen) atoms. The molecule has 0 saturated carbocycles. The van der Waals surface area contributed by atoms with Crippen molar-refractivity contribution in [3.8, 4) is 10.8 Å². The topological polar surface area (TPSA) is 92.4 Å². The van der Waals surface area contributed by atoms with E-state index in [1.54, 1.807) is 0 Å². The number of nitrogens with one attached hydrogen (secondary N) is 1. The molecule has 2 aromatic heterocycles. The van der Waals surface area contributed by atoms with Crippen LogP contribution in [0.25, 0.3) is 10.8 Å². The number of hydrogen-bond acceptors (Lipinski definition) is 5. The third-order valence-corrected chi connectivity index (χ3v) is 5.21. The number of amides is 1. The van der Waals surface area contributed by atoms with Crippen molar-refractivity contribution in [1.29, 1.82) is 0 Å². The molecule has 0 aliphatic carbocycles. The Morgan fingerprint density at radius 1 is 1.25 bits per heavy atom. The number of aliphatic carboxylic acids is 1. The van der Waals surface area contributed by atoms with E-state index < -0.39 is 11.9 Å². The number of hydrogen-bond donors (Lipinski definition) is 2. The lowest BCUT2D eigenvalue weighted by Gasteiger charge is -2.13. The number of benzene rings is 1. The van der Waals surface area contributed by atoms with Gasteiger partial charge in [-0.15, -0.1) is 11.3 Å². The number of carbonyl (C=O) groups excluding carboxylic acids is 1. The summed E-state index contributed by atoms with van der Waals surface area (Å²) in [4.78, 5) is 28.2. The van der Waals surface area contributed by atoms with Gasteiger partial charge in [-0.1, -0.05) is 29.8 Å². The van der Waals surface area contributed by atoms with Gasteiger partial charge in [0.15, 0.2) is 10.8 Å². The van der Waals surface area contributed by atoms with Crippen LogP contribution in [0, 0.1) is 19.8 Å². The highest BCUT2D eigenvalue weighted by atomic mass is 32.1. The molecular weight excluding hydrogens is 376 g/mol. The highest BCUT2D eigenvalue weighted by Crippen LogP contribution is 2.25. The standard InChI is InChI=1S/C21H22N2O4S/c1-13-4-3-5-15(8-13)9-16(21(25)26)11-22-19(24)10-17-12-28-20(23-17)18-7-6-14(2)27-18/h3-8,12,16H,9-11H2,1-2H3,(H,22,24)(H,25,26). The summed E-state index contributed by atoms with van der Waals surface area (Å²) in [5.41, 5.74) is 2.66. The van der Waals surface area contributed by atoms with Crippen molar-refractivity contribution in [2.75, 3.05) is 6.54 Å². The van der Waals surface area contributed by atoms with Crippen LogP contribution in [0.1, 0.15) is 22.6 Å². The molecule has 2 heterocycles. The lowest BCUT2D eigenvalue weighted by atomic mass is 9.98. The largest absolute Gasteiger partial charge is 0.481 e. The molecule has 0 spiro atoms. The van der Waals surface area contributed by atoms with Crippen molar-refractivity contribution in [1.82, 2.24) is 10.3 Å². The molecule has 1 aromatic carbocycles. The number of furan rings is 1. The number of carboxylic acids is 1. The number of thiazole rings is 1. The second-order valence-electron chi connectivity index (χ2n) is 6.76. The van der Waals surface area contributed by atoms with Gasteiger partial charge in [0.25, 0.3) is 0 Å². The van der Waals surface area contributed by atoms with Crippen LogP contribution in [0.5, 0.6) is 0 Å². The molecule has 0 bridgehead atoms. The van der Waals surface area contributed by atoms with E-state index in [1.165, 1.54) is 11.3 Å². The normalized spacial score (nSPS) is 11.9. The first-order valence-electron chi connectivity index (χ1n) is 8.97. The molecule has 1 atom stereocenters. The number of carboxylic acid groups (broad SMARTS) is 1. The van der Waals surface area contributed by atoms with Crippen LogP contribution in [0.4, 0.5) is 0 Å². The molecule has 3 aromatic rings. The fourth-order valence-corrected chi connectivity index (χ4v) is 3.66. The summed E-state index contributed by atoms with van der Waals surface area (Å²) < 4.78 is 5.54. The van der Waals surface area contributed by atoms with Crippen molar-refractivity contribution >= 4 is 23.2 Å². The first kappa shape index (κ1) is 19.8. The maximum absolute atomic E-state index is 12.2. The van der Waals surface area contributed by atoms with Crippen molar-refractivity contribution in [3.05, 3.63) is 64.4 Å². The first-order valence-corrected chi connectivity index (χ1v) is 9.85. The molecular formula is C21H22N2O4S. The van der Waals surface area contributed by atoms with Crippen molar-refractivity contribution in [3.63, 3.8) is 0 Å². The molecule has 6 nitrogen and oxygen atoms in total. The zero-order valence-electron chi connectivity index (χ0n) is 15.8. The Bertz CT molecular complexity index is 976. The van der Waals surface area contributed by atoms with E-state index >= 15 is 0 Å². The summed E-state index contributed by atoms with van der Waals surface area (Å²) in [6, 6.07) is 11.4. The number of carbonyl (C=O) groups is 2. The summed E-state index contributed by atoms with van der Waals surface area (Å²) in [6.07, 6.45) is 0.475. The average molecular weight is 398 g/mol. The minimum absolute atomic E-state index is 0.0798. The third kappa shape index (κ3) is 5.29. The van der Waals surface area contributed by atoms with E-state index in [9.17, 15) is 14.7 Å². The number of nitrogens with zero attached hydrogens (tertiary/aromatic N) is 1. The molecule has 0 radical (unpaired) electrons. The highest BCUT2D eigenvalue weighted by Gasteiger charge is 2.19. The predicted octanol–water partition coefficient (Wildman–Crippen LogP) is 3.62. The molecule has 3 rings (SSSR count). The van der Waals surface area contributed by atoms with E-state index in [0.29, 0.717) is 17.9 Å². The Morgan fingerprint density at radius 3 is 2.75 bits per heavy atom. The Hall–Kier alpha value is -2.93. The molecule has 1 unspecified atom stereocenters. The summed E-state index contributed by atoms with van der Waals surface area (Å²) in [7, 11) is 0. The number of rotatable bonds is 8. The van der Waals surface area contributed by atoms with Crippen LogP contribution in [-0.2, 0) is 22.4 Å². The smallest absolute Gasteiger partial charge is 0.308 e. The van der Waals surface area contributed by atoms with Crippen molar-refractivity contribution in [2.45, 2.75) is 26.7 Å². The third-order valence-electron chi connectivity index (χ3n) is 4.30. The first-order chi connectivity index (χ1) is 13.4. The van der Waals surface area contributed by atoms with E-state index in [4.69, 9.17) is 4.42 Å². The van der Waals surface area contributed by atoms with Gasteiger partial charge in [0.2, 0.25) is 5.91 Å². The van der Waals surface area contributed by atoms with Gasteiger partial charge in [0.1, 0.15) is 5.76 Å². The molecule has 0 aliphatic rings. The van der Waals surface area contributed by atoms with Gasteiger partial charge in [-0.2, -0.15) is 0 Å². The highest BCUT2D eigenvalue weighted by molar-refractivity contribution is 7.13. The lowest BCUT2D eigenvalue weighted by Crippen LogP contribution is -2.35. The van der Waals surface area contributed by atoms with E-state index in [-0.39, 0.29) is 18.9 Å². The Morgan fingerprint density at radius 2 is 2.07 bits per heavy atom. The minimum Gasteiger partial charge on any atom is -0.481 e. The molecule has 146 valence electrons. The fourth-order valence-electron chi connectivity index (χ4n) is 2.89. The van der Waals surface area contributed by atoms with Crippen LogP contribution in [0.3, 0.4) is 0 Å². The molecule has 0 aliphatic heterocycles. The fraction of sp³-hybridized carbons (Fsp3) is 0.286. The van der Waals surface area contributed by atoms with Gasteiger partial charge in [-0.25, -0.2) is 4.98 Å². The summed E-state index contributed by atoms with van der Waals surface area (Å²) in [6.45, 7) is 3.91. The van der Waals surface area contributed by atoms with Crippen LogP contribution < -0.4 is 5.32 Å². The Balaban J connectivity index is 1.55. The maximum atomic E-state index is 12.2. The van der Waals surface area contributed by atoms with E-state index in [1.807, 2.05) is 55.6 Å². The van der Waals surface area contributed by atoms with E-state index in [2.05, 4.69) is 10.3 Å². The zero-order valence-corrected chi connectivity index (χ0v) is 16.6. The second kappa shape index (κ2) is 8.84. The Labute approximate surface area is 167 Å². The quantitative estimate of drug-likeness (QED) is 0.605. The summed E-state index contributed by atoms with van der Waals surface area (Å²) >= 11 is 1.41. The van der Waals surface area contributed by atoms with Crippen LogP contribution in [-0.4, -0.2) is 28.5 Å². The van der Waals surface area contributed by atoms with Gasteiger partial charge < -0.3 is 14.8 Å². The van der Waals surface area contributed by atoms with Crippen LogP contribution in [0.15, 0.2) is 46.2 Å². The number of aryl methyl sites for hydroxylation is 2. The van der Waals surface area contributed by atoms with Gasteiger partial charge in [-0.05, 0) is 38.0 Å². The minimum atomic E-state index is -0.925. The van der Waals surface area contributed by atoms with Crippen molar-refractivity contribution in [2.24, 2.45) is 5.92 Å². The monoisotopic (exact) mass is 398 g/mol. The van der Waals surface area contributed by atoms with Gasteiger partial charge in [0, 0.05) is 11.9 Å². The Kier molecular flexibility index (Phi) is 6.26. The number of aromatic nitrogens is 1. The van der Waals surface area contributed by atoms with Gasteiger partial charge in [-0.3, -0.25) is 9.59 Å². The van der Waals surface area contributed by atoms with E-state index in [0.717, 1.165) is 21.9 Å². The molecule has 2 N–H and O–H groups in total. The lowest BCUT2D eigenvalue weighted by molar-refractivity contribution is -0.141. The predicted molar refractivity (Wildman–Crippen MR) is 107 cm³/mol. The molecule has 7 heteroatoms.